The summed E-state index contributed by atoms with van der Waals surface area (Å²) in [6, 6.07) is 21.5. The number of hydrogen-bond acceptors (Lipinski definition) is 6. The van der Waals surface area contributed by atoms with Crippen LogP contribution in [0.4, 0.5) is 5.95 Å². The molecule has 144 valence electrons. The third kappa shape index (κ3) is 4.41. The van der Waals surface area contributed by atoms with Gasteiger partial charge >= 0.3 is 5.97 Å². The van der Waals surface area contributed by atoms with E-state index in [4.69, 9.17) is 9.47 Å². The number of hydrazone groups is 1. The van der Waals surface area contributed by atoms with Crippen molar-refractivity contribution in [2.24, 2.45) is 5.10 Å². The van der Waals surface area contributed by atoms with E-state index in [1.165, 1.54) is 0 Å². The van der Waals surface area contributed by atoms with E-state index in [0.29, 0.717) is 23.0 Å². The predicted molar refractivity (Wildman–Crippen MR) is 112 cm³/mol. The first-order valence-corrected chi connectivity index (χ1v) is 8.91. The van der Waals surface area contributed by atoms with Crippen LogP contribution in [0, 0.1) is 0 Å². The Morgan fingerprint density at radius 2 is 1.72 bits per heavy atom. The molecule has 29 heavy (non-hydrogen) atoms. The van der Waals surface area contributed by atoms with Gasteiger partial charge in [0.1, 0.15) is 11.5 Å². The summed E-state index contributed by atoms with van der Waals surface area (Å²) in [4.78, 5) is 19.7. The number of carbonyl (C=O) groups excluding carboxylic acids is 1. The molecule has 0 aliphatic carbocycles. The molecule has 3 aromatic carbocycles. The van der Waals surface area contributed by atoms with Gasteiger partial charge in [-0.3, -0.25) is 0 Å². The molecule has 0 saturated carbocycles. The lowest BCUT2D eigenvalue weighted by atomic mass is 10.2. The molecule has 0 spiro atoms. The summed E-state index contributed by atoms with van der Waals surface area (Å²) in [6.45, 7) is 0. The number of methoxy groups -OCH3 is 1. The van der Waals surface area contributed by atoms with Crippen LogP contribution in [-0.4, -0.2) is 29.3 Å². The summed E-state index contributed by atoms with van der Waals surface area (Å²) in [7, 11) is 1.57. The second kappa shape index (κ2) is 8.26. The van der Waals surface area contributed by atoms with Crippen molar-refractivity contribution in [2.45, 2.75) is 0 Å². The number of H-pyrrole nitrogens is 1. The lowest BCUT2D eigenvalue weighted by Gasteiger charge is -2.05. The second-order valence-electron chi connectivity index (χ2n) is 6.16. The van der Waals surface area contributed by atoms with Crippen molar-refractivity contribution in [3.8, 4) is 11.5 Å². The minimum absolute atomic E-state index is 0.430. The number of nitrogens with one attached hydrogen (secondary N) is 2. The zero-order chi connectivity index (χ0) is 20.1. The fourth-order valence-corrected chi connectivity index (χ4v) is 2.69. The highest BCUT2D eigenvalue weighted by Gasteiger charge is 2.08. The maximum atomic E-state index is 12.2. The average Bonchev–Trinajstić information content (AvgIpc) is 3.18. The molecule has 0 aliphatic heterocycles. The van der Waals surface area contributed by atoms with E-state index >= 15 is 0 Å². The molecule has 2 N–H and O–H groups in total. The molecule has 0 fully saturated rings. The van der Waals surface area contributed by atoms with Crippen molar-refractivity contribution < 1.29 is 14.3 Å². The number of fused-ring (bicyclic) bond motifs is 1. The van der Waals surface area contributed by atoms with Gasteiger partial charge < -0.3 is 14.5 Å². The Morgan fingerprint density at radius 1 is 1.00 bits per heavy atom. The lowest BCUT2D eigenvalue weighted by molar-refractivity contribution is 0.0734. The summed E-state index contributed by atoms with van der Waals surface area (Å²) in [5, 5.41) is 4.17. The molecule has 1 aromatic heterocycles. The quantitative estimate of drug-likeness (QED) is 0.224. The summed E-state index contributed by atoms with van der Waals surface area (Å²) in [5.41, 5.74) is 5.97. The van der Waals surface area contributed by atoms with Gasteiger partial charge in [-0.15, -0.1) is 0 Å². The summed E-state index contributed by atoms with van der Waals surface area (Å²) in [5.74, 6) is 1.27. The zero-order valence-corrected chi connectivity index (χ0v) is 15.6. The molecule has 0 bridgehead atoms. The monoisotopic (exact) mass is 386 g/mol. The third-order valence-corrected chi connectivity index (χ3v) is 4.19. The molecule has 4 aromatic rings. The zero-order valence-electron chi connectivity index (χ0n) is 15.6. The van der Waals surface area contributed by atoms with Crippen molar-refractivity contribution in [3.05, 3.63) is 83.9 Å². The number of esters is 1. The van der Waals surface area contributed by atoms with E-state index in [0.717, 1.165) is 16.6 Å². The second-order valence-corrected chi connectivity index (χ2v) is 6.16. The summed E-state index contributed by atoms with van der Waals surface area (Å²) in [6.07, 6.45) is 1.66. The van der Waals surface area contributed by atoms with Crippen LogP contribution >= 0.6 is 0 Å². The van der Waals surface area contributed by atoms with Crippen LogP contribution in [0.1, 0.15) is 15.9 Å². The summed E-state index contributed by atoms with van der Waals surface area (Å²) < 4.78 is 10.5. The molecule has 7 heteroatoms. The van der Waals surface area contributed by atoms with Crippen LogP contribution < -0.4 is 14.9 Å². The number of carbonyl (C=O) groups is 1. The third-order valence-electron chi connectivity index (χ3n) is 4.19. The van der Waals surface area contributed by atoms with Gasteiger partial charge in [0.2, 0.25) is 5.95 Å². The van der Waals surface area contributed by atoms with Crippen LogP contribution in [0.25, 0.3) is 11.0 Å². The molecule has 0 saturated heterocycles. The van der Waals surface area contributed by atoms with Gasteiger partial charge in [-0.2, -0.15) is 5.10 Å². The molecular formula is C22H18N4O3. The van der Waals surface area contributed by atoms with Crippen molar-refractivity contribution in [2.75, 3.05) is 12.5 Å². The number of imidazole rings is 1. The van der Waals surface area contributed by atoms with E-state index in [-0.39, 0.29) is 0 Å². The maximum absolute atomic E-state index is 12.2. The topological polar surface area (TPSA) is 88.6 Å². The van der Waals surface area contributed by atoms with E-state index in [1.807, 2.05) is 24.3 Å². The Bertz CT molecular complexity index is 1120. The number of hydrogen-bond donors (Lipinski definition) is 2. The average molecular weight is 386 g/mol. The minimum Gasteiger partial charge on any atom is -0.497 e. The normalized spacial score (nSPS) is 10.9. The molecule has 4 rings (SSSR count). The first-order valence-electron chi connectivity index (χ1n) is 8.91. The first-order chi connectivity index (χ1) is 14.2. The fraction of sp³-hybridized carbons (Fsp3) is 0.0455. The largest absolute Gasteiger partial charge is 0.497 e. The summed E-state index contributed by atoms with van der Waals surface area (Å²) >= 11 is 0. The molecular weight excluding hydrogens is 368 g/mol. The van der Waals surface area contributed by atoms with Gasteiger partial charge in [-0.25, -0.2) is 15.2 Å². The van der Waals surface area contributed by atoms with Crippen molar-refractivity contribution in [1.82, 2.24) is 9.97 Å². The molecule has 0 radical (unpaired) electrons. The number of ether oxygens (including phenoxy) is 2. The Hall–Kier alpha value is -4.13. The van der Waals surface area contributed by atoms with Gasteiger partial charge in [-0.1, -0.05) is 12.1 Å². The number of rotatable bonds is 6. The van der Waals surface area contributed by atoms with Gasteiger partial charge in [0.05, 0.1) is 29.9 Å². The van der Waals surface area contributed by atoms with Crippen molar-refractivity contribution in [1.29, 1.82) is 0 Å². The van der Waals surface area contributed by atoms with Crippen molar-refractivity contribution >= 4 is 29.2 Å². The van der Waals surface area contributed by atoms with Crippen LogP contribution in [0.5, 0.6) is 11.5 Å². The van der Waals surface area contributed by atoms with E-state index in [2.05, 4.69) is 20.5 Å². The Morgan fingerprint density at radius 3 is 2.45 bits per heavy atom. The van der Waals surface area contributed by atoms with E-state index in [9.17, 15) is 4.79 Å². The van der Waals surface area contributed by atoms with Crippen LogP contribution in [-0.2, 0) is 0 Å². The van der Waals surface area contributed by atoms with Crippen molar-refractivity contribution in [3.63, 3.8) is 0 Å². The Labute approximate surface area is 167 Å². The van der Waals surface area contributed by atoms with E-state index in [1.54, 1.807) is 61.9 Å². The van der Waals surface area contributed by atoms with Gasteiger partial charge in [0.25, 0.3) is 0 Å². The number of aromatic nitrogens is 2. The highest BCUT2D eigenvalue weighted by molar-refractivity contribution is 5.91. The Balaban J connectivity index is 1.35. The number of nitrogens with zero attached hydrogens (tertiary/aromatic N) is 2. The van der Waals surface area contributed by atoms with Crippen LogP contribution in [0.15, 0.2) is 77.9 Å². The number of benzene rings is 3. The SMILES string of the molecule is COc1ccc(C(=O)Oc2ccc(/C=N\Nc3nc4ccccc4[nH]3)cc2)cc1. The number of para-hydroxylation sites is 2. The molecule has 0 amide bonds. The minimum atomic E-state index is -0.430. The van der Waals surface area contributed by atoms with E-state index < -0.39 is 5.97 Å². The van der Waals surface area contributed by atoms with Gasteiger partial charge in [0, 0.05) is 0 Å². The van der Waals surface area contributed by atoms with Crippen LogP contribution in [0.2, 0.25) is 0 Å². The molecule has 0 atom stereocenters. The maximum Gasteiger partial charge on any atom is 0.343 e. The lowest BCUT2D eigenvalue weighted by Crippen LogP contribution is -2.08. The standard InChI is InChI=1S/C22H18N4O3/c1-28-17-12-8-16(9-13-17)21(27)29-18-10-6-15(7-11-18)14-23-26-22-24-19-4-2-3-5-20(19)25-22/h2-14H,1H3,(H2,24,25,26)/b23-14-. The first kappa shape index (κ1) is 18.2. The van der Waals surface area contributed by atoms with Gasteiger partial charge in [0.15, 0.2) is 0 Å². The highest BCUT2D eigenvalue weighted by atomic mass is 16.5. The Kier molecular flexibility index (Phi) is 5.20. The molecule has 1 heterocycles. The van der Waals surface area contributed by atoms with Crippen LogP contribution in [0.3, 0.4) is 0 Å². The smallest absolute Gasteiger partial charge is 0.343 e. The molecule has 0 aliphatic rings. The fourth-order valence-electron chi connectivity index (χ4n) is 2.69. The predicted octanol–water partition coefficient (Wildman–Crippen LogP) is 4.24. The molecule has 0 unspecified atom stereocenters. The molecule has 7 nitrogen and oxygen atoms in total. The number of aromatic amines is 1. The van der Waals surface area contributed by atoms with Gasteiger partial charge in [-0.05, 0) is 66.2 Å². The highest BCUT2D eigenvalue weighted by Crippen LogP contribution is 2.16. The number of anilines is 1.